The molecule has 4 atom stereocenters. The smallest absolute Gasteiger partial charge is 0.200 e. The highest BCUT2D eigenvalue weighted by Crippen LogP contribution is 2.57. The molecule has 1 saturated carbocycles. The van der Waals surface area contributed by atoms with E-state index >= 15 is 0 Å². The van der Waals surface area contributed by atoms with Crippen molar-refractivity contribution >= 4 is 8.32 Å². The monoisotopic (exact) mass is 296 g/mol. The molecule has 2 aliphatic rings. The van der Waals surface area contributed by atoms with E-state index in [9.17, 15) is 0 Å². The number of rotatable bonds is 6. The van der Waals surface area contributed by atoms with Gasteiger partial charge in [0.15, 0.2) is 0 Å². The third kappa shape index (κ3) is 2.13. The van der Waals surface area contributed by atoms with Crippen LogP contribution in [0.5, 0.6) is 0 Å². The number of epoxide rings is 1. The van der Waals surface area contributed by atoms with E-state index in [-0.39, 0.29) is 11.7 Å². The molecule has 0 aromatic carbocycles. The fraction of sp³-hybridized carbons (Fsp3) is 0.882. The van der Waals surface area contributed by atoms with Crippen LogP contribution in [-0.4, -0.2) is 26.1 Å². The van der Waals surface area contributed by atoms with E-state index in [1.807, 2.05) is 6.08 Å². The highest BCUT2D eigenvalue weighted by molar-refractivity contribution is 6.77. The van der Waals surface area contributed by atoms with Gasteiger partial charge in [-0.15, -0.1) is 6.58 Å². The van der Waals surface area contributed by atoms with Crippen LogP contribution in [0.15, 0.2) is 12.7 Å². The summed E-state index contributed by atoms with van der Waals surface area (Å²) in [6, 6.07) is 0. The summed E-state index contributed by atoms with van der Waals surface area (Å²) in [7, 11) is -1.84. The number of ether oxygens (including phenoxy) is 1. The van der Waals surface area contributed by atoms with E-state index in [0.717, 1.165) is 6.42 Å². The summed E-state index contributed by atoms with van der Waals surface area (Å²) in [5, 5.41) is 0. The van der Waals surface area contributed by atoms with Crippen molar-refractivity contribution in [3.8, 4) is 0 Å². The predicted molar refractivity (Wildman–Crippen MR) is 87.5 cm³/mol. The first-order valence-corrected chi connectivity index (χ1v) is 10.4. The Morgan fingerprint density at radius 2 is 1.65 bits per heavy atom. The van der Waals surface area contributed by atoms with Gasteiger partial charge in [-0.3, -0.25) is 0 Å². The Labute approximate surface area is 126 Å². The van der Waals surface area contributed by atoms with E-state index in [0.29, 0.717) is 28.6 Å². The zero-order chi connectivity index (χ0) is 15.3. The van der Waals surface area contributed by atoms with Crippen molar-refractivity contribution in [2.75, 3.05) is 0 Å². The first-order chi connectivity index (χ1) is 9.22. The first kappa shape index (κ1) is 16.3. The van der Waals surface area contributed by atoms with Gasteiger partial charge in [-0.05, 0) is 29.0 Å². The Bertz CT molecular complexity index is 355. The highest BCUT2D eigenvalue weighted by atomic mass is 28.4. The molecular weight excluding hydrogens is 264 g/mol. The molecule has 0 amide bonds. The molecule has 0 radical (unpaired) electrons. The Morgan fingerprint density at radius 1 is 1.15 bits per heavy atom. The van der Waals surface area contributed by atoms with Crippen molar-refractivity contribution in [2.24, 2.45) is 5.92 Å². The van der Waals surface area contributed by atoms with Crippen LogP contribution in [0.4, 0.5) is 0 Å². The van der Waals surface area contributed by atoms with Crippen LogP contribution >= 0.6 is 0 Å². The van der Waals surface area contributed by atoms with Gasteiger partial charge in [-0.2, -0.15) is 0 Å². The van der Waals surface area contributed by atoms with E-state index in [1.165, 1.54) is 0 Å². The minimum absolute atomic E-state index is 0.170. The SMILES string of the molecule is C=C[C@@]12O[C@@H]1C[C@@H](C)[C@@H]2O[Si](C(C)C)(C(C)C)C(C)C. The number of hydrogen-bond donors (Lipinski definition) is 0. The highest BCUT2D eigenvalue weighted by Gasteiger charge is 2.68. The van der Waals surface area contributed by atoms with Crippen LogP contribution in [0, 0.1) is 5.92 Å². The quantitative estimate of drug-likeness (QED) is 0.394. The van der Waals surface area contributed by atoms with Gasteiger partial charge in [0, 0.05) is 0 Å². The van der Waals surface area contributed by atoms with Crippen LogP contribution in [-0.2, 0) is 9.16 Å². The third-order valence-corrected chi connectivity index (χ3v) is 11.8. The van der Waals surface area contributed by atoms with E-state index < -0.39 is 8.32 Å². The van der Waals surface area contributed by atoms with Gasteiger partial charge in [0.2, 0.25) is 8.32 Å². The summed E-state index contributed by atoms with van der Waals surface area (Å²) in [5.41, 5.74) is 1.69. The molecule has 2 rings (SSSR count). The average molecular weight is 297 g/mol. The van der Waals surface area contributed by atoms with Crippen molar-refractivity contribution in [2.45, 2.75) is 89.3 Å². The van der Waals surface area contributed by atoms with Crippen LogP contribution in [0.3, 0.4) is 0 Å². The maximum absolute atomic E-state index is 6.99. The Balaban J connectivity index is 2.30. The van der Waals surface area contributed by atoms with Crippen molar-refractivity contribution < 1.29 is 9.16 Å². The fourth-order valence-electron chi connectivity index (χ4n) is 4.73. The standard InChI is InChI=1S/C17H32O2Si/c1-9-17-15(18-17)10-14(8)16(17)19-20(11(2)3,12(4)5)13(6)7/h9,11-16H,1,10H2,2-8H3/t14-,15-,16+,17-/m1/s1. The second kappa shape index (κ2) is 5.26. The molecule has 1 heterocycles. The Kier molecular flexibility index (Phi) is 4.27. The normalized spacial score (nSPS) is 36.8. The van der Waals surface area contributed by atoms with Crippen LogP contribution in [0.25, 0.3) is 0 Å². The van der Waals surface area contributed by atoms with Crippen LogP contribution in [0.1, 0.15) is 54.9 Å². The molecular formula is C17H32O2Si. The average Bonchev–Trinajstić information content (AvgIpc) is 2.96. The maximum Gasteiger partial charge on any atom is 0.200 e. The lowest BCUT2D eigenvalue weighted by Crippen LogP contribution is -2.53. The second-order valence-electron chi connectivity index (χ2n) is 7.73. The number of fused-ring (bicyclic) bond motifs is 1. The second-order valence-corrected chi connectivity index (χ2v) is 13.1. The van der Waals surface area contributed by atoms with E-state index in [4.69, 9.17) is 9.16 Å². The van der Waals surface area contributed by atoms with Gasteiger partial charge in [0.25, 0.3) is 0 Å². The molecule has 0 unspecified atom stereocenters. The minimum atomic E-state index is -1.84. The van der Waals surface area contributed by atoms with Crippen molar-refractivity contribution in [1.29, 1.82) is 0 Å². The van der Waals surface area contributed by atoms with Crippen molar-refractivity contribution in [1.82, 2.24) is 0 Å². The molecule has 2 fully saturated rings. The Hall–Kier alpha value is -0.123. The molecule has 3 heteroatoms. The third-order valence-electron chi connectivity index (χ3n) is 5.70. The molecule has 20 heavy (non-hydrogen) atoms. The lowest BCUT2D eigenvalue weighted by Gasteiger charge is -2.46. The van der Waals surface area contributed by atoms with Crippen LogP contribution < -0.4 is 0 Å². The number of hydrogen-bond acceptors (Lipinski definition) is 2. The topological polar surface area (TPSA) is 21.8 Å². The first-order valence-electron chi connectivity index (χ1n) is 8.21. The molecule has 0 aromatic rings. The molecule has 0 aromatic heterocycles. The minimum Gasteiger partial charge on any atom is -0.409 e. The van der Waals surface area contributed by atoms with Crippen molar-refractivity contribution in [3.63, 3.8) is 0 Å². The molecule has 1 aliphatic carbocycles. The molecule has 1 saturated heterocycles. The largest absolute Gasteiger partial charge is 0.409 e. The lowest BCUT2D eigenvalue weighted by atomic mass is 10.0. The Morgan fingerprint density at radius 3 is 2.05 bits per heavy atom. The molecule has 1 aliphatic heterocycles. The summed E-state index contributed by atoms with van der Waals surface area (Å²) in [6.45, 7) is 20.4. The van der Waals surface area contributed by atoms with Crippen molar-refractivity contribution in [3.05, 3.63) is 12.7 Å². The van der Waals surface area contributed by atoms with Gasteiger partial charge in [-0.1, -0.05) is 54.5 Å². The summed E-state index contributed by atoms with van der Waals surface area (Å²) in [5.74, 6) is 0.579. The predicted octanol–water partition coefficient (Wildman–Crippen LogP) is 4.91. The fourth-order valence-corrected chi connectivity index (χ4v) is 10.4. The molecule has 116 valence electrons. The van der Waals surface area contributed by atoms with E-state index in [1.54, 1.807) is 0 Å². The van der Waals surface area contributed by atoms with Gasteiger partial charge in [0.05, 0.1) is 12.2 Å². The molecule has 0 bridgehead atoms. The summed E-state index contributed by atoms with van der Waals surface area (Å²) in [4.78, 5) is 0. The van der Waals surface area contributed by atoms with Crippen LogP contribution in [0.2, 0.25) is 16.6 Å². The maximum atomic E-state index is 6.99. The lowest BCUT2D eigenvalue weighted by molar-refractivity contribution is 0.0553. The van der Waals surface area contributed by atoms with Gasteiger partial charge in [0.1, 0.15) is 5.60 Å². The molecule has 0 spiro atoms. The van der Waals surface area contributed by atoms with Gasteiger partial charge in [-0.25, -0.2) is 0 Å². The van der Waals surface area contributed by atoms with Gasteiger partial charge >= 0.3 is 0 Å². The summed E-state index contributed by atoms with van der Waals surface area (Å²) >= 11 is 0. The zero-order valence-electron chi connectivity index (χ0n) is 14.3. The van der Waals surface area contributed by atoms with Gasteiger partial charge < -0.3 is 9.16 Å². The summed E-state index contributed by atoms with van der Waals surface area (Å²) in [6.07, 6.45) is 3.70. The zero-order valence-corrected chi connectivity index (χ0v) is 15.3. The molecule has 0 N–H and O–H groups in total. The summed E-state index contributed by atoms with van der Waals surface area (Å²) < 4.78 is 12.9. The van der Waals surface area contributed by atoms with E-state index in [2.05, 4.69) is 55.0 Å². The molecule has 2 nitrogen and oxygen atoms in total.